The van der Waals surface area contributed by atoms with E-state index >= 15 is 0 Å². The van der Waals surface area contributed by atoms with Crippen LogP contribution in [0.2, 0.25) is 0 Å². The van der Waals surface area contributed by atoms with Gasteiger partial charge in [-0.1, -0.05) is 12.2 Å². The molecule has 0 radical (unpaired) electrons. The van der Waals surface area contributed by atoms with Crippen LogP contribution in [0.3, 0.4) is 0 Å². The lowest BCUT2D eigenvalue weighted by Crippen LogP contribution is -2.41. The van der Waals surface area contributed by atoms with Gasteiger partial charge in [0.25, 0.3) is 0 Å². The smallest absolute Gasteiger partial charge is 0.101 e. The van der Waals surface area contributed by atoms with Crippen LogP contribution in [0.25, 0.3) is 0 Å². The Morgan fingerprint density at radius 2 is 1.20 bits per heavy atom. The summed E-state index contributed by atoms with van der Waals surface area (Å²) in [6, 6.07) is 0. The molecule has 4 heteroatoms. The number of aliphatic hydroxyl groups is 2. The molecule has 0 fully saturated rings. The number of rotatable bonds is 0. The SMILES string of the molecule is O[C@H]1[C@H](O)[C@@H](Cl)C=C[C@@H]1Cl. The summed E-state index contributed by atoms with van der Waals surface area (Å²) in [7, 11) is 0. The maximum Gasteiger partial charge on any atom is 0.101 e. The quantitative estimate of drug-likeness (QED) is 0.424. The first-order chi connectivity index (χ1) is 4.63. The van der Waals surface area contributed by atoms with Gasteiger partial charge in [0.1, 0.15) is 12.2 Å². The molecule has 0 saturated heterocycles. The molecule has 1 aliphatic rings. The van der Waals surface area contributed by atoms with Gasteiger partial charge in [-0.25, -0.2) is 0 Å². The molecular weight excluding hydrogens is 175 g/mol. The maximum atomic E-state index is 9.10. The molecule has 58 valence electrons. The molecule has 0 bridgehead atoms. The first-order valence-electron chi connectivity index (χ1n) is 2.95. The molecule has 0 unspecified atom stereocenters. The lowest BCUT2D eigenvalue weighted by molar-refractivity contribution is 0.0236. The van der Waals surface area contributed by atoms with Crippen molar-refractivity contribution in [3.8, 4) is 0 Å². The van der Waals surface area contributed by atoms with Crippen molar-refractivity contribution in [3.63, 3.8) is 0 Å². The molecule has 0 aromatic carbocycles. The van der Waals surface area contributed by atoms with Crippen molar-refractivity contribution < 1.29 is 10.2 Å². The standard InChI is InChI=1S/C6H8Cl2O2/c7-3-1-2-4(8)6(10)5(3)9/h1-6,9-10H/t3-,4-,5+,6+/m0/s1. The third-order valence-corrected chi connectivity index (χ3v) is 2.29. The van der Waals surface area contributed by atoms with Crippen molar-refractivity contribution in [1.29, 1.82) is 0 Å². The first kappa shape index (κ1) is 8.34. The zero-order valence-corrected chi connectivity index (χ0v) is 6.63. The van der Waals surface area contributed by atoms with Gasteiger partial charge >= 0.3 is 0 Å². The minimum atomic E-state index is -0.950. The Kier molecular flexibility index (Phi) is 2.58. The highest BCUT2D eigenvalue weighted by Gasteiger charge is 2.31. The second kappa shape index (κ2) is 3.09. The molecule has 2 nitrogen and oxygen atoms in total. The van der Waals surface area contributed by atoms with Crippen LogP contribution in [0, 0.1) is 0 Å². The Morgan fingerprint density at radius 3 is 1.50 bits per heavy atom. The highest BCUT2D eigenvalue weighted by atomic mass is 35.5. The molecule has 0 aromatic rings. The van der Waals surface area contributed by atoms with Crippen molar-refractivity contribution in [3.05, 3.63) is 12.2 Å². The lowest BCUT2D eigenvalue weighted by atomic mass is 10.0. The van der Waals surface area contributed by atoms with Crippen LogP contribution < -0.4 is 0 Å². The molecule has 0 saturated carbocycles. The normalized spacial score (nSPS) is 47.6. The summed E-state index contributed by atoms with van der Waals surface area (Å²) in [5.74, 6) is 0. The predicted molar refractivity (Wildman–Crippen MR) is 40.4 cm³/mol. The van der Waals surface area contributed by atoms with E-state index in [9.17, 15) is 0 Å². The van der Waals surface area contributed by atoms with Crippen molar-refractivity contribution in [2.75, 3.05) is 0 Å². The van der Waals surface area contributed by atoms with Crippen LogP contribution in [0.5, 0.6) is 0 Å². The summed E-state index contributed by atoms with van der Waals surface area (Å²) in [6.07, 6.45) is 1.26. The zero-order chi connectivity index (χ0) is 7.72. The molecule has 1 aliphatic carbocycles. The summed E-state index contributed by atoms with van der Waals surface area (Å²) in [5, 5.41) is 17.2. The van der Waals surface area contributed by atoms with Gasteiger partial charge in [-0.2, -0.15) is 0 Å². The van der Waals surface area contributed by atoms with Crippen LogP contribution >= 0.6 is 23.2 Å². The summed E-state index contributed by atoms with van der Waals surface area (Å²) in [6.45, 7) is 0. The molecule has 2 N–H and O–H groups in total. The molecular formula is C6H8Cl2O2. The minimum Gasteiger partial charge on any atom is -0.388 e. The molecule has 0 aliphatic heterocycles. The van der Waals surface area contributed by atoms with Gasteiger partial charge in [-0.15, -0.1) is 23.2 Å². The summed E-state index contributed by atoms with van der Waals surface area (Å²) >= 11 is 11.1. The Bertz CT molecular complexity index is 133. The molecule has 0 spiro atoms. The van der Waals surface area contributed by atoms with E-state index in [-0.39, 0.29) is 0 Å². The third-order valence-electron chi connectivity index (χ3n) is 1.48. The number of hydrogen-bond donors (Lipinski definition) is 2. The zero-order valence-electron chi connectivity index (χ0n) is 5.11. The Balaban J connectivity index is 2.69. The van der Waals surface area contributed by atoms with Gasteiger partial charge in [0.15, 0.2) is 0 Å². The number of alkyl halides is 2. The van der Waals surface area contributed by atoms with Crippen LogP contribution in [0.4, 0.5) is 0 Å². The van der Waals surface area contributed by atoms with Crippen LogP contribution in [0.15, 0.2) is 12.2 Å². The van der Waals surface area contributed by atoms with Crippen molar-refractivity contribution >= 4 is 23.2 Å². The Labute approximate surface area is 69.1 Å². The largest absolute Gasteiger partial charge is 0.388 e. The fourth-order valence-corrected chi connectivity index (χ4v) is 1.28. The Hall–Kier alpha value is 0.240. The highest BCUT2D eigenvalue weighted by molar-refractivity contribution is 6.24. The highest BCUT2D eigenvalue weighted by Crippen LogP contribution is 2.21. The predicted octanol–water partition coefficient (Wildman–Crippen LogP) is 0.493. The van der Waals surface area contributed by atoms with E-state index in [1.54, 1.807) is 12.2 Å². The van der Waals surface area contributed by atoms with Crippen molar-refractivity contribution in [1.82, 2.24) is 0 Å². The van der Waals surface area contributed by atoms with E-state index in [2.05, 4.69) is 0 Å². The number of aliphatic hydroxyl groups excluding tert-OH is 2. The first-order valence-corrected chi connectivity index (χ1v) is 3.83. The fraction of sp³-hybridized carbons (Fsp3) is 0.667. The maximum absolute atomic E-state index is 9.10. The Morgan fingerprint density at radius 1 is 0.900 bits per heavy atom. The van der Waals surface area contributed by atoms with Gasteiger partial charge in [0.05, 0.1) is 10.8 Å². The summed E-state index contributed by atoms with van der Waals surface area (Å²) in [5.41, 5.74) is 0. The van der Waals surface area contributed by atoms with E-state index in [1.807, 2.05) is 0 Å². The summed E-state index contributed by atoms with van der Waals surface area (Å²) < 4.78 is 0. The van der Waals surface area contributed by atoms with Crippen molar-refractivity contribution in [2.24, 2.45) is 0 Å². The van der Waals surface area contributed by atoms with Crippen LogP contribution in [-0.4, -0.2) is 33.2 Å². The molecule has 0 amide bonds. The number of halogens is 2. The average molecular weight is 183 g/mol. The second-order valence-corrected chi connectivity index (χ2v) is 3.26. The molecule has 10 heavy (non-hydrogen) atoms. The van der Waals surface area contributed by atoms with E-state index < -0.39 is 23.0 Å². The second-order valence-electron chi connectivity index (χ2n) is 2.25. The van der Waals surface area contributed by atoms with Gasteiger partial charge in [0, 0.05) is 0 Å². The third kappa shape index (κ3) is 1.45. The lowest BCUT2D eigenvalue weighted by Gasteiger charge is -2.26. The molecule has 0 aromatic heterocycles. The minimum absolute atomic E-state index is 0.523. The van der Waals surface area contributed by atoms with Gasteiger partial charge < -0.3 is 10.2 Å². The van der Waals surface area contributed by atoms with Crippen LogP contribution in [-0.2, 0) is 0 Å². The van der Waals surface area contributed by atoms with Gasteiger partial charge in [-0.05, 0) is 0 Å². The molecule has 4 atom stereocenters. The van der Waals surface area contributed by atoms with E-state index in [4.69, 9.17) is 33.4 Å². The van der Waals surface area contributed by atoms with Gasteiger partial charge in [-0.3, -0.25) is 0 Å². The van der Waals surface area contributed by atoms with Crippen LogP contribution in [0.1, 0.15) is 0 Å². The van der Waals surface area contributed by atoms with Crippen molar-refractivity contribution in [2.45, 2.75) is 23.0 Å². The fourth-order valence-electron chi connectivity index (χ4n) is 0.817. The molecule has 0 heterocycles. The van der Waals surface area contributed by atoms with E-state index in [0.717, 1.165) is 0 Å². The monoisotopic (exact) mass is 182 g/mol. The average Bonchev–Trinajstić information content (AvgIpc) is 1.93. The van der Waals surface area contributed by atoms with E-state index in [1.165, 1.54) is 0 Å². The van der Waals surface area contributed by atoms with Gasteiger partial charge in [0.2, 0.25) is 0 Å². The number of hydrogen-bond acceptors (Lipinski definition) is 2. The summed E-state index contributed by atoms with van der Waals surface area (Å²) in [4.78, 5) is 0. The molecule has 1 rings (SSSR count). The topological polar surface area (TPSA) is 40.5 Å². The van der Waals surface area contributed by atoms with E-state index in [0.29, 0.717) is 0 Å².